The van der Waals surface area contributed by atoms with E-state index in [2.05, 4.69) is 0 Å². The Bertz CT molecular complexity index is 578. The van der Waals surface area contributed by atoms with Crippen molar-refractivity contribution in [1.82, 2.24) is 0 Å². The maximum absolute atomic E-state index is 11.9. The van der Waals surface area contributed by atoms with E-state index in [4.69, 9.17) is 4.74 Å². The van der Waals surface area contributed by atoms with Gasteiger partial charge in [0.05, 0.1) is 0 Å². The van der Waals surface area contributed by atoms with E-state index in [9.17, 15) is 9.59 Å². The van der Waals surface area contributed by atoms with Crippen molar-refractivity contribution in [2.24, 2.45) is 0 Å². The number of ether oxygens (including phenoxy) is 1. The van der Waals surface area contributed by atoms with Crippen LogP contribution < -0.4 is 4.90 Å². The minimum atomic E-state index is -0.437. The molecule has 0 saturated heterocycles. The van der Waals surface area contributed by atoms with Crippen LogP contribution in [0.4, 0.5) is 10.5 Å². The average molecular weight is 269 g/mol. The van der Waals surface area contributed by atoms with Crippen LogP contribution in [-0.2, 0) is 11.3 Å². The number of benzene rings is 2. The van der Waals surface area contributed by atoms with E-state index in [1.54, 1.807) is 31.3 Å². The topological polar surface area (TPSA) is 46.6 Å². The van der Waals surface area contributed by atoms with Crippen molar-refractivity contribution in [2.75, 3.05) is 11.9 Å². The second kappa shape index (κ2) is 6.52. The Balaban J connectivity index is 1.95. The van der Waals surface area contributed by atoms with Crippen molar-refractivity contribution in [3.05, 3.63) is 65.7 Å². The minimum absolute atomic E-state index is 0.233. The number of aldehydes is 1. The molecule has 0 heterocycles. The maximum Gasteiger partial charge on any atom is 0.414 e. The molecule has 0 radical (unpaired) electrons. The van der Waals surface area contributed by atoms with Crippen molar-refractivity contribution in [1.29, 1.82) is 0 Å². The molecule has 20 heavy (non-hydrogen) atoms. The van der Waals surface area contributed by atoms with E-state index in [-0.39, 0.29) is 6.61 Å². The van der Waals surface area contributed by atoms with Gasteiger partial charge in [0.2, 0.25) is 0 Å². The molecule has 2 aromatic rings. The molecule has 0 aliphatic heterocycles. The number of carbonyl (C=O) groups is 2. The predicted molar refractivity (Wildman–Crippen MR) is 76.9 cm³/mol. The molecule has 4 nitrogen and oxygen atoms in total. The lowest BCUT2D eigenvalue weighted by atomic mass is 10.2. The van der Waals surface area contributed by atoms with Gasteiger partial charge in [-0.25, -0.2) is 4.79 Å². The summed E-state index contributed by atoms with van der Waals surface area (Å²) in [6.45, 7) is 0.233. The fraction of sp³-hybridized carbons (Fsp3) is 0.125. The van der Waals surface area contributed by atoms with Gasteiger partial charge in [-0.2, -0.15) is 0 Å². The van der Waals surface area contributed by atoms with Crippen molar-refractivity contribution in [3.8, 4) is 0 Å². The molecule has 0 N–H and O–H groups in total. The molecule has 0 fully saturated rings. The van der Waals surface area contributed by atoms with Gasteiger partial charge >= 0.3 is 6.09 Å². The molecule has 0 atom stereocenters. The molecule has 0 aromatic heterocycles. The number of carbonyl (C=O) groups excluding carboxylic acids is 2. The van der Waals surface area contributed by atoms with Crippen molar-refractivity contribution < 1.29 is 14.3 Å². The van der Waals surface area contributed by atoms with E-state index in [0.29, 0.717) is 11.3 Å². The Hall–Kier alpha value is -2.62. The molecule has 0 bridgehead atoms. The van der Waals surface area contributed by atoms with Crippen LogP contribution in [-0.4, -0.2) is 19.4 Å². The number of hydrogen-bond acceptors (Lipinski definition) is 3. The first-order chi connectivity index (χ1) is 9.70. The number of amides is 1. The smallest absolute Gasteiger partial charge is 0.414 e. The predicted octanol–water partition coefficient (Wildman–Crippen LogP) is 3.27. The third-order valence-electron chi connectivity index (χ3n) is 2.90. The largest absolute Gasteiger partial charge is 0.444 e. The van der Waals surface area contributed by atoms with Gasteiger partial charge in [0.25, 0.3) is 0 Å². The summed E-state index contributed by atoms with van der Waals surface area (Å²) < 4.78 is 5.22. The van der Waals surface area contributed by atoms with Crippen LogP contribution in [0, 0.1) is 0 Å². The van der Waals surface area contributed by atoms with Gasteiger partial charge in [-0.15, -0.1) is 0 Å². The standard InChI is InChI=1S/C16H15NO3/c1-17(15-9-7-13(11-18)8-10-15)16(19)20-12-14-5-3-2-4-6-14/h2-11H,12H2,1H3. The van der Waals surface area contributed by atoms with Crippen molar-refractivity contribution >= 4 is 18.1 Å². The number of hydrogen-bond donors (Lipinski definition) is 0. The average Bonchev–Trinajstić information content (AvgIpc) is 2.53. The second-order valence-corrected chi connectivity index (χ2v) is 4.31. The molecular weight excluding hydrogens is 254 g/mol. The lowest BCUT2D eigenvalue weighted by Crippen LogP contribution is -2.26. The molecule has 2 rings (SSSR count). The quantitative estimate of drug-likeness (QED) is 0.800. The minimum Gasteiger partial charge on any atom is -0.444 e. The highest BCUT2D eigenvalue weighted by atomic mass is 16.6. The van der Waals surface area contributed by atoms with Gasteiger partial charge in [-0.3, -0.25) is 9.69 Å². The van der Waals surface area contributed by atoms with E-state index >= 15 is 0 Å². The Labute approximate surface area is 117 Å². The normalized spacial score (nSPS) is 9.85. The zero-order valence-electron chi connectivity index (χ0n) is 11.2. The number of rotatable bonds is 4. The highest BCUT2D eigenvalue weighted by molar-refractivity contribution is 5.87. The van der Waals surface area contributed by atoms with Crippen molar-refractivity contribution in [2.45, 2.75) is 6.61 Å². The van der Waals surface area contributed by atoms with Crippen LogP contribution in [0.1, 0.15) is 15.9 Å². The molecule has 0 unspecified atom stereocenters. The molecule has 0 aliphatic rings. The fourth-order valence-electron chi connectivity index (χ4n) is 1.70. The summed E-state index contributed by atoms with van der Waals surface area (Å²) in [6, 6.07) is 16.2. The number of nitrogens with zero attached hydrogens (tertiary/aromatic N) is 1. The van der Waals surface area contributed by atoms with E-state index in [1.165, 1.54) is 4.90 Å². The summed E-state index contributed by atoms with van der Waals surface area (Å²) in [5.74, 6) is 0. The zero-order valence-corrected chi connectivity index (χ0v) is 11.2. The van der Waals surface area contributed by atoms with Crippen LogP contribution >= 0.6 is 0 Å². The van der Waals surface area contributed by atoms with Gasteiger partial charge in [-0.05, 0) is 29.8 Å². The Morgan fingerprint density at radius 1 is 1.10 bits per heavy atom. The molecule has 0 saturated carbocycles. The van der Waals surface area contributed by atoms with Gasteiger partial charge in [0.1, 0.15) is 12.9 Å². The zero-order chi connectivity index (χ0) is 14.4. The summed E-state index contributed by atoms with van der Waals surface area (Å²) in [5.41, 5.74) is 2.18. The van der Waals surface area contributed by atoms with E-state index in [0.717, 1.165) is 11.8 Å². The molecule has 0 spiro atoms. The first kappa shape index (κ1) is 13.8. The van der Waals surface area contributed by atoms with Crippen LogP contribution in [0.5, 0.6) is 0 Å². The van der Waals surface area contributed by atoms with Crippen LogP contribution in [0.2, 0.25) is 0 Å². The van der Waals surface area contributed by atoms with Gasteiger partial charge < -0.3 is 4.74 Å². The highest BCUT2D eigenvalue weighted by Crippen LogP contribution is 2.14. The van der Waals surface area contributed by atoms with Gasteiger partial charge in [0, 0.05) is 18.3 Å². The van der Waals surface area contributed by atoms with Crippen LogP contribution in [0.25, 0.3) is 0 Å². The SMILES string of the molecule is CN(C(=O)OCc1ccccc1)c1ccc(C=O)cc1. The molecule has 2 aromatic carbocycles. The summed E-state index contributed by atoms with van der Waals surface area (Å²) in [5, 5.41) is 0. The summed E-state index contributed by atoms with van der Waals surface area (Å²) in [6.07, 6.45) is 0.324. The second-order valence-electron chi connectivity index (χ2n) is 4.31. The highest BCUT2D eigenvalue weighted by Gasteiger charge is 2.12. The molecule has 4 heteroatoms. The Morgan fingerprint density at radius 3 is 2.35 bits per heavy atom. The third-order valence-corrected chi connectivity index (χ3v) is 2.90. The number of anilines is 1. The molecule has 0 aliphatic carbocycles. The van der Waals surface area contributed by atoms with E-state index in [1.807, 2.05) is 30.3 Å². The lowest BCUT2D eigenvalue weighted by molar-refractivity contribution is 0.112. The maximum atomic E-state index is 11.9. The van der Waals surface area contributed by atoms with Crippen LogP contribution in [0.15, 0.2) is 54.6 Å². The van der Waals surface area contributed by atoms with Crippen LogP contribution in [0.3, 0.4) is 0 Å². The van der Waals surface area contributed by atoms with Gasteiger partial charge in [0.15, 0.2) is 0 Å². The van der Waals surface area contributed by atoms with Crippen molar-refractivity contribution in [3.63, 3.8) is 0 Å². The molecule has 102 valence electrons. The third kappa shape index (κ3) is 3.45. The lowest BCUT2D eigenvalue weighted by Gasteiger charge is -2.17. The summed E-state index contributed by atoms with van der Waals surface area (Å²) in [7, 11) is 1.63. The first-order valence-corrected chi connectivity index (χ1v) is 6.20. The van der Waals surface area contributed by atoms with E-state index < -0.39 is 6.09 Å². The Kier molecular flexibility index (Phi) is 4.50. The summed E-state index contributed by atoms with van der Waals surface area (Å²) in [4.78, 5) is 23.9. The fourth-order valence-corrected chi connectivity index (χ4v) is 1.70. The molecular formula is C16H15NO3. The molecule has 1 amide bonds. The monoisotopic (exact) mass is 269 g/mol. The van der Waals surface area contributed by atoms with Gasteiger partial charge in [-0.1, -0.05) is 30.3 Å². The Morgan fingerprint density at radius 2 is 1.75 bits per heavy atom. The summed E-state index contributed by atoms with van der Waals surface area (Å²) >= 11 is 0. The first-order valence-electron chi connectivity index (χ1n) is 6.20.